The number of anilines is 3. The first kappa shape index (κ1) is 26.3. The Morgan fingerprint density at radius 2 is 1.62 bits per heavy atom. The molecule has 0 unspecified atom stereocenters. The second-order valence-electron chi connectivity index (χ2n) is 8.13. The Bertz CT molecular complexity index is 1520. The number of esters is 1. The molecule has 7 nitrogen and oxygen atoms in total. The van der Waals surface area contributed by atoms with Crippen molar-refractivity contribution in [3.63, 3.8) is 0 Å². The summed E-state index contributed by atoms with van der Waals surface area (Å²) in [5.74, 6) is -0.462. The van der Waals surface area contributed by atoms with Crippen LogP contribution in [0.2, 0.25) is 0 Å². The molecular formula is C27H25N3O4S3. The Morgan fingerprint density at radius 1 is 0.946 bits per heavy atom. The minimum atomic E-state index is -3.75. The van der Waals surface area contributed by atoms with Crippen LogP contribution in [0, 0.1) is 6.92 Å². The lowest BCUT2D eigenvalue weighted by molar-refractivity contribution is 0.0602. The van der Waals surface area contributed by atoms with E-state index in [0.717, 1.165) is 16.0 Å². The minimum absolute atomic E-state index is 0.122. The van der Waals surface area contributed by atoms with E-state index in [-0.39, 0.29) is 10.0 Å². The summed E-state index contributed by atoms with van der Waals surface area (Å²) in [7, 11) is -2.41. The summed E-state index contributed by atoms with van der Waals surface area (Å²) in [5, 5.41) is 6.93. The van der Waals surface area contributed by atoms with Crippen LogP contribution >= 0.6 is 23.6 Å². The number of ether oxygens (including phenoxy) is 1. The normalized spacial score (nSPS) is 11.0. The number of rotatable bonds is 8. The molecule has 4 rings (SSSR count). The van der Waals surface area contributed by atoms with Crippen LogP contribution in [0.25, 0.3) is 0 Å². The summed E-state index contributed by atoms with van der Waals surface area (Å²) in [6, 6.07) is 25.1. The van der Waals surface area contributed by atoms with Crippen LogP contribution in [0.3, 0.4) is 0 Å². The third-order valence-electron chi connectivity index (χ3n) is 5.45. The number of hydrogen-bond acceptors (Lipinski definition) is 6. The molecule has 0 amide bonds. The topological polar surface area (TPSA) is 96.5 Å². The number of nitrogens with one attached hydrogen (secondary N) is 3. The number of thiophene rings is 1. The average molecular weight is 552 g/mol. The maximum atomic E-state index is 12.8. The second-order valence-corrected chi connectivity index (χ2v) is 11.4. The van der Waals surface area contributed by atoms with Crippen molar-refractivity contribution in [3.05, 3.63) is 106 Å². The van der Waals surface area contributed by atoms with E-state index in [0.29, 0.717) is 28.4 Å². The van der Waals surface area contributed by atoms with Crippen molar-refractivity contribution in [2.45, 2.75) is 18.2 Å². The van der Waals surface area contributed by atoms with Gasteiger partial charge < -0.3 is 15.4 Å². The van der Waals surface area contributed by atoms with Gasteiger partial charge in [0.15, 0.2) is 5.11 Å². The van der Waals surface area contributed by atoms with Crippen LogP contribution in [0.1, 0.15) is 26.4 Å². The van der Waals surface area contributed by atoms with Gasteiger partial charge in [-0.05, 0) is 66.7 Å². The van der Waals surface area contributed by atoms with Gasteiger partial charge in [-0.1, -0.05) is 48.5 Å². The Morgan fingerprint density at radius 3 is 2.30 bits per heavy atom. The highest BCUT2D eigenvalue weighted by molar-refractivity contribution is 7.92. The zero-order valence-corrected chi connectivity index (χ0v) is 22.6. The zero-order valence-electron chi connectivity index (χ0n) is 20.1. The van der Waals surface area contributed by atoms with Crippen molar-refractivity contribution in [3.8, 4) is 0 Å². The van der Waals surface area contributed by atoms with Crippen molar-refractivity contribution in [2.24, 2.45) is 0 Å². The monoisotopic (exact) mass is 551 g/mol. The number of thiocarbonyl (C=S) groups is 1. The molecule has 190 valence electrons. The molecule has 0 radical (unpaired) electrons. The molecule has 0 atom stereocenters. The molecule has 0 aliphatic heterocycles. The van der Waals surface area contributed by atoms with Crippen LogP contribution in [0.4, 0.5) is 16.4 Å². The smallest absolute Gasteiger partial charge is 0.340 e. The number of carbonyl (C=O) groups is 1. The summed E-state index contributed by atoms with van der Waals surface area (Å²) >= 11 is 6.87. The molecule has 37 heavy (non-hydrogen) atoms. The first-order chi connectivity index (χ1) is 17.7. The second kappa shape index (κ2) is 11.5. The number of benzene rings is 3. The van der Waals surface area contributed by atoms with E-state index in [1.807, 2.05) is 49.4 Å². The van der Waals surface area contributed by atoms with Gasteiger partial charge in [-0.15, -0.1) is 11.3 Å². The van der Waals surface area contributed by atoms with Gasteiger partial charge in [-0.2, -0.15) is 0 Å². The molecule has 0 bridgehead atoms. The molecule has 0 saturated heterocycles. The van der Waals surface area contributed by atoms with E-state index in [1.54, 1.807) is 30.3 Å². The van der Waals surface area contributed by atoms with Crippen molar-refractivity contribution in [1.29, 1.82) is 0 Å². The molecule has 1 aromatic heterocycles. The fraction of sp³-hybridized carbons (Fsp3) is 0.111. The van der Waals surface area contributed by atoms with Gasteiger partial charge in [0.25, 0.3) is 10.0 Å². The van der Waals surface area contributed by atoms with Crippen LogP contribution in [-0.2, 0) is 21.2 Å². The van der Waals surface area contributed by atoms with Gasteiger partial charge >= 0.3 is 5.97 Å². The molecule has 0 aliphatic rings. The molecule has 10 heteroatoms. The van der Waals surface area contributed by atoms with E-state index in [1.165, 1.54) is 30.6 Å². The van der Waals surface area contributed by atoms with Crippen LogP contribution < -0.4 is 15.4 Å². The lowest BCUT2D eigenvalue weighted by Gasteiger charge is -2.12. The summed E-state index contributed by atoms with van der Waals surface area (Å²) in [6.07, 6.45) is 0.670. The van der Waals surface area contributed by atoms with E-state index < -0.39 is 16.0 Å². The predicted octanol–water partition coefficient (Wildman–Crippen LogP) is 6.04. The van der Waals surface area contributed by atoms with Crippen LogP contribution in [0.15, 0.2) is 89.8 Å². The largest absolute Gasteiger partial charge is 0.465 e. The Kier molecular flexibility index (Phi) is 8.22. The van der Waals surface area contributed by atoms with Crippen molar-refractivity contribution in [1.82, 2.24) is 0 Å². The lowest BCUT2D eigenvalue weighted by Crippen LogP contribution is -2.20. The first-order valence-corrected chi connectivity index (χ1v) is 14.0. The molecule has 3 N–H and O–H groups in total. The summed E-state index contributed by atoms with van der Waals surface area (Å²) in [5.41, 5.74) is 3.46. The summed E-state index contributed by atoms with van der Waals surface area (Å²) in [6.45, 7) is 1.84. The zero-order chi connectivity index (χ0) is 26.4. The fourth-order valence-electron chi connectivity index (χ4n) is 3.55. The Labute approximate surface area is 225 Å². The molecule has 0 aliphatic carbocycles. The summed E-state index contributed by atoms with van der Waals surface area (Å²) in [4.78, 5) is 13.4. The fourth-order valence-corrected chi connectivity index (χ4v) is 6.05. The number of aryl methyl sites for hydroxylation is 1. The minimum Gasteiger partial charge on any atom is -0.465 e. The predicted molar refractivity (Wildman–Crippen MR) is 153 cm³/mol. The summed E-state index contributed by atoms with van der Waals surface area (Å²) < 4.78 is 33.1. The average Bonchev–Trinajstić information content (AvgIpc) is 3.27. The number of methoxy groups -OCH3 is 1. The van der Waals surface area contributed by atoms with E-state index in [4.69, 9.17) is 17.0 Å². The van der Waals surface area contributed by atoms with Crippen LogP contribution in [0.5, 0.6) is 0 Å². The highest BCUT2D eigenvalue weighted by Crippen LogP contribution is 2.31. The van der Waals surface area contributed by atoms with Gasteiger partial charge in [0.2, 0.25) is 0 Å². The third-order valence-corrected chi connectivity index (χ3v) is 8.08. The van der Waals surface area contributed by atoms with E-state index >= 15 is 0 Å². The molecule has 0 saturated carbocycles. The number of sulfonamides is 1. The van der Waals surface area contributed by atoms with E-state index in [9.17, 15) is 13.2 Å². The number of hydrogen-bond donors (Lipinski definition) is 3. The van der Waals surface area contributed by atoms with Crippen molar-refractivity contribution < 1.29 is 17.9 Å². The van der Waals surface area contributed by atoms with Gasteiger partial charge in [-0.25, -0.2) is 13.2 Å². The highest BCUT2D eigenvalue weighted by Gasteiger charge is 2.19. The highest BCUT2D eigenvalue weighted by atomic mass is 32.2. The van der Waals surface area contributed by atoms with Crippen molar-refractivity contribution in [2.75, 3.05) is 22.5 Å². The Balaban J connectivity index is 1.44. The van der Waals surface area contributed by atoms with Gasteiger partial charge in [0.1, 0.15) is 5.00 Å². The molecule has 4 aromatic rings. The number of carbonyl (C=O) groups excluding carboxylic acids is 1. The van der Waals surface area contributed by atoms with E-state index in [2.05, 4.69) is 15.4 Å². The molecule has 1 heterocycles. The SMILES string of the molecule is COC(=O)c1cc(Cc2ccccc2)sc1NC(=S)Nc1ccc(S(=O)(=O)Nc2ccccc2C)cc1. The third kappa shape index (κ3) is 6.73. The lowest BCUT2D eigenvalue weighted by atomic mass is 10.1. The van der Waals surface area contributed by atoms with Crippen LogP contribution in [-0.4, -0.2) is 26.6 Å². The Hall–Kier alpha value is -3.73. The standard InChI is InChI=1S/C27H25N3O4S3/c1-18-8-6-7-11-24(18)30-37(32,33)22-14-12-20(13-15-22)28-27(35)29-25-23(26(31)34-2)17-21(36-25)16-19-9-4-3-5-10-19/h3-15,17,30H,16H2,1-2H3,(H2,28,29,35). The number of para-hydroxylation sites is 1. The maximum absolute atomic E-state index is 12.8. The molecule has 0 fully saturated rings. The maximum Gasteiger partial charge on any atom is 0.340 e. The van der Waals surface area contributed by atoms with Gasteiger partial charge in [0.05, 0.1) is 23.3 Å². The molecular weight excluding hydrogens is 527 g/mol. The molecule has 0 spiro atoms. The van der Waals surface area contributed by atoms with Crippen molar-refractivity contribution >= 4 is 61.0 Å². The van der Waals surface area contributed by atoms with Gasteiger partial charge in [-0.3, -0.25) is 4.72 Å². The van der Waals surface area contributed by atoms with Gasteiger partial charge in [0, 0.05) is 17.0 Å². The molecule has 3 aromatic carbocycles. The quantitative estimate of drug-likeness (QED) is 0.181. The first-order valence-electron chi connectivity index (χ1n) is 11.3.